The van der Waals surface area contributed by atoms with Crippen LogP contribution in [-0.4, -0.2) is 16.2 Å². The zero-order valence-electron chi connectivity index (χ0n) is 12.1. The number of benzene rings is 1. The van der Waals surface area contributed by atoms with Crippen molar-refractivity contribution in [2.75, 3.05) is 0 Å². The minimum absolute atomic E-state index is 0.270. The topological polar surface area (TPSA) is 33.1 Å². The van der Waals surface area contributed by atoms with Crippen LogP contribution in [0, 0.1) is 19.8 Å². The number of thiazole rings is 1. The summed E-state index contributed by atoms with van der Waals surface area (Å²) in [4.78, 5) is 5.81. The molecular weight excluding hydrogens is 266 g/mol. The first-order valence-corrected chi connectivity index (χ1v) is 8.13. The molecule has 0 saturated carbocycles. The van der Waals surface area contributed by atoms with Crippen LogP contribution in [0.2, 0.25) is 0 Å². The first-order valence-electron chi connectivity index (χ1n) is 7.31. The summed E-state index contributed by atoms with van der Waals surface area (Å²) in [5.41, 5.74) is 3.97. The third-order valence-electron chi connectivity index (χ3n) is 4.39. The average Bonchev–Trinajstić information content (AvgIpc) is 2.76. The number of hydrogen-bond acceptors (Lipinski definition) is 3. The van der Waals surface area contributed by atoms with E-state index in [0.717, 1.165) is 30.0 Å². The van der Waals surface area contributed by atoms with Gasteiger partial charge in [0.1, 0.15) is 0 Å². The summed E-state index contributed by atoms with van der Waals surface area (Å²) in [5, 5.41) is 11.6. The van der Waals surface area contributed by atoms with Gasteiger partial charge in [0, 0.05) is 11.3 Å². The Hall–Kier alpha value is -1.19. The van der Waals surface area contributed by atoms with E-state index < -0.39 is 0 Å². The molecule has 1 heterocycles. The highest BCUT2D eigenvalue weighted by Gasteiger charge is 2.25. The summed E-state index contributed by atoms with van der Waals surface area (Å²) >= 11 is 1.72. The second-order valence-corrected chi connectivity index (χ2v) is 7.08. The number of rotatable bonds is 3. The molecule has 0 amide bonds. The lowest BCUT2D eigenvalue weighted by Crippen LogP contribution is -2.28. The second kappa shape index (κ2) is 5.66. The molecule has 2 unspecified atom stereocenters. The summed E-state index contributed by atoms with van der Waals surface area (Å²) in [7, 11) is 0. The monoisotopic (exact) mass is 287 g/mol. The molecule has 106 valence electrons. The van der Waals surface area contributed by atoms with Gasteiger partial charge in [-0.05, 0) is 50.2 Å². The first-order chi connectivity index (χ1) is 9.63. The van der Waals surface area contributed by atoms with E-state index in [0.29, 0.717) is 12.3 Å². The third-order valence-corrected chi connectivity index (χ3v) is 5.48. The van der Waals surface area contributed by atoms with Crippen LogP contribution in [0.3, 0.4) is 0 Å². The molecule has 1 aliphatic carbocycles. The van der Waals surface area contributed by atoms with Crippen LogP contribution in [0.1, 0.15) is 33.1 Å². The molecule has 2 nitrogen and oxygen atoms in total. The Bertz CT molecular complexity index is 585. The van der Waals surface area contributed by atoms with Crippen LogP contribution in [0.15, 0.2) is 24.3 Å². The van der Waals surface area contributed by atoms with Crippen LogP contribution < -0.4 is 0 Å². The Balaban J connectivity index is 1.68. The normalized spacial score (nSPS) is 19.6. The van der Waals surface area contributed by atoms with E-state index in [2.05, 4.69) is 36.2 Å². The number of hydrogen-bond donors (Lipinski definition) is 1. The maximum absolute atomic E-state index is 10.5. The molecule has 3 heteroatoms. The van der Waals surface area contributed by atoms with Gasteiger partial charge in [-0.1, -0.05) is 24.3 Å². The summed E-state index contributed by atoms with van der Waals surface area (Å²) in [6.45, 7) is 4.14. The lowest BCUT2D eigenvalue weighted by molar-refractivity contribution is 0.0992. The summed E-state index contributed by atoms with van der Waals surface area (Å²) in [6.07, 6.45) is 3.61. The molecule has 20 heavy (non-hydrogen) atoms. The fourth-order valence-electron chi connectivity index (χ4n) is 3.03. The first kappa shape index (κ1) is 13.8. The number of aliphatic hydroxyl groups excluding tert-OH is 1. The fourth-order valence-corrected chi connectivity index (χ4v) is 4.01. The van der Waals surface area contributed by atoms with E-state index in [-0.39, 0.29) is 6.10 Å². The molecule has 0 fully saturated rings. The molecule has 0 saturated heterocycles. The van der Waals surface area contributed by atoms with Crippen molar-refractivity contribution in [2.45, 2.75) is 45.6 Å². The number of aromatic nitrogens is 1. The number of fused-ring (bicyclic) bond motifs is 1. The number of aryl methyl sites for hydroxylation is 3. The standard InChI is InChI=1S/C17H21NOS/c1-11-12(2)20-17(18-11)10-16(19)15-8-7-13-5-3-4-6-14(13)9-15/h3-6,15-16,19H,7-10H2,1-2H3. The van der Waals surface area contributed by atoms with Crippen LogP contribution >= 0.6 is 11.3 Å². The zero-order valence-corrected chi connectivity index (χ0v) is 12.9. The fraction of sp³-hybridized carbons (Fsp3) is 0.471. The van der Waals surface area contributed by atoms with Crippen LogP contribution in [0.25, 0.3) is 0 Å². The summed E-state index contributed by atoms with van der Waals surface area (Å²) in [6, 6.07) is 8.62. The molecule has 0 bridgehead atoms. The van der Waals surface area contributed by atoms with Crippen molar-refractivity contribution in [3.05, 3.63) is 51.0 Å². The minimum atomic E-state index is -0.270. The molecule has 1 N–H and O–H groups in total. The quantitative estimate of drug-likeness (QED) is 0.937. The number of aliphatic hydroxyl groups is 1. The Morgan fingerprint density at radius 1 is 1.30 bits per heavy atom. The predicted octanol–water partition coefficient (Wildman–Crippen LogP) is 3.47. The van der Waals surface area contributed by atoms with E-state index in [9.17, 15) is 5.11 Å². The van der Waals surface area contributed by atoms with Crippen molar-refractivity contribution in [3.63, 3.8) is 0 Å². The van der Waals surface area contributed by atoms with Gasteiger partial charge in [-0.15, -0.1) is 11.3 Å². The van der Waals surface area contributed by atoms with Crippen LogP contribution in [-0.2, 0) is 19.3 Å². The van der Waals surface area contributed by atoms with Gasteiger partial charge in [-0.2, -0.15) is 0 Å². The highest BCUT2D eigenvalue weighted by molar-refractivity contribution is 7.11. The molecule has 1 aliphatic rings. The van der Waals surface area contributed by atoms with Gasteiger partial charge < -0.3 is 5.11 Å². The van der Waals surface area contributed by atoms with Gasteiger partial charge in [-0.25, -0.2) is 4.98 Å². The Morgan fingerprint density at radius 3 is 2.75 bits per heavy atom. The second-order valence-electron chi connectivity index (χ2n) is 5.79. The van der Waals surface area contributed by atoms with Gasteiger partial charge in [0.25, 0.3) is 0 Å². The van der Waals surface area contributed by atoms with E-state index >= 15 is 0 Å². The van der Waals surface area contributed by atoms with Crippen LogP contribution in [0.5, 0.6) is 0 Å². The average molecular weight is 287 g/mol. The summed E-state index contributed by atoms with van der Waals surface area (Å²) in [5.74, 6) is 0.370. The minimum Gasteiger partial charge on any atom is -0.392 e. The van der Waals surface area contributed by atoms with E-state index in [4.69, 9.17) is 0 Å². The summed E-state index contributed by atoms with van der Waals surface area (Å²) < 4.78 is 0. The van der Waals surface area contributed by atoms with Gasteiger partial charge in [0.15, 0.2) is 0 Å². The van der Waals surface area contributed by atoms with Gasteiger partial charge in [-0.3, -0.25) is 0 Å². The maximum atomic E-state index is 10.5. The zero-order chi connectivity index (χ0) is 14.1. The van der Waals surface area contributed by atoms with Crippen LogP contribution in [0.4, 0.5) is 0 Å². The lowest BCUT2D eigenvalue weighted by atomic mass is 9.80. The van der Waals surface area contributed by atoms with Crippen molar-refractivity contribution in [1.82, 2.24) is 4.98 Å². The molecule has 0 spiro atoms. The molecule has 1 aromatic carbocycles. The van der Waals surface area contributed by atoms with Gasteiger partial charge >= 0.3 is 0 Å². The molecule has 1 aromatic heterocycles. The SMILES string of the molecule is Cc1nc(CC(O)C2CCc3ccccc3C2)sc1C. The highest BCUT2D eigenvalue weighted by atomic mass is 32.1. The number of nitrogens with zero attached hydrogens (tertiary/aromatic N) is 1. The largest absolute Gasteiger partial charge is 0.392 e. The van der Waals surface area contributed by atoms with Crippen molar-refractivity contribution in [2.24, 2.45) is 5.92 Å². The van der Waals surface area contributed by atoms with Crippen molar-refractivity contribution < 1.29 is 5.11 Å². The molecule has 2 aromatic rings. The highest BCUT2D eigenvalue weighted by Crippen LogP contribution is 2.29. The van der Waals surface area contributed by atoms with E-state index in [1.807, 2.05) is 6.92 Å². The molecule has 3 rings (SSSR count). The van der Waals surface area contributed by atoms with Crippen molar-refractivity contribution >= 4 is 11.3 Å². The van der Waals surface area contributed by atoms with Crippen molar-refractivity contribution in [1.29, 1.82) is 0 Å². The molecular formula is C17H21NOS. The Kier molecular flexibility index (Phi) is 3.90. The van der Waals surface area contributed by atoms with E-state index in [1.165, 1.54) is 16.0 Å². The predicted molar refractivity (Wildman–Crippen MR) is 83.3 cm³/mol. The lowest BCUT2D eigenvalue weighted by Gasteiger charge is -2.28. The third kappa shape index (κ3) is 2.79. The molecule has 2 atom stereocenters. The maximum Gasteiger partial charge on any atom is 0.0956 e. The molecule has 0 aliphatic heterocycles. The van der Waals surface area contributed by atoms with Crippen molar-refractivity contribution in [3.8, 4) is 0 Å². The molecule has 0 radical (unpaired) electrons. The van der Waals surface area contributed by atoms with Gasteiger partial charge in [0.2, 0.25) is 0 Å². The Labute approximate surface area is 124 Å². The smallest absolute Gasteiger partial charge is 0.0956 e. The van der Waals surface area contributed by atoms with Gasteiger partial charge in [0.05, 0.1) is 16.8 Å². The Morgan fingerprint density at radius 2 is 2.05 bits per heavy atom. The van der Waals surface area contributed by atoms with E-state index in [1.54, 1.807) is 11.3 Å².